The number of anilines is 1. The molecule has 1 aromatic carbocycles. The van der Waals surface area contributed by atoms with Gasteiger partial charge in [-0.25, -0.2) is 4.98 Å². The number of carbonyl (C=O) groups is 1. The summed E-state index contributed by atoms with van der Waals surface area (Å²) in [5.41, 5.74) is 10.2. The van der Waals surface area contributed by atoms with E-state index >= 15 is 0 Å². The summed E-state index contributed by atoms with van der Waals surface area (Å²) >= 11 is 0. The molecule has 3 aromatic rings. The van der Waals surface area contributed by atoms with Gasteiger partial charge >= 0.3 is 0 Å². The fourth-order valence-electron chi connectivity index (χ4n) is 3.84. The molecule has 6 heteroatoms. The number of rotatable bonds is 5. The van der Waals surface area contributed by atoms with Crippen molar-refractivity contribution in [3.05, 3.63) is 65.0 Å². The Labute approximate surface area is 176 Å². The van der Waals surface area contributed by atoms with Crippen LogP contribution in [0.4, 0.5) is 5.82 Å². The average Bonchev–Trinajstić information content (AvgIpc) is 2.72. The van der Waals surface area contributed by atoms with Crippen LogP contribution in [0.15, 0.2) is 42.6 Å². The summed E-state index contributed by atoms with van der Waals surface area (Å²) in [6.07, 6.45) is 4.21. The maximum atomic E-state index is 13.5. The molecule has 0 spiro atoms. The van der Waals surface area contributed by atoms with E-state index in [0.29, 0.717) is 30.8 Å². The topological polar surface area (TPSA) is 95.9 Å². The lowest BCUT2D eigenvalue weighted by Crippen LogP contribution is -2.47. The first-order valence-corrected chi connectivity index (χ1v) is 10.3. The van der Waals surface area contributed by atoms with E-state index in [4.69, 9.17) is 5.73 Å². The second-order valence-corrected chi connectivity index (χ2v) is 7.99. The van der Waals surface area contributed by atoms with Gasteiger partial charge in [0.05, 0.1) is 29.7 Å². The van der Waals surface area contributed by atoms with Gasteiger partial charge in [0, 0.05) is 23.2 Å². The van der Waals surface area contributed by atoms with E-state index in [9.17, 15) is 10.1 Å². The summed E-state index contributed by atoms with van der Waals surface area (Å²) in [5, 5.41) is 10.1. The van der Waals surface area contributed by atoms with E-state index in [-0.39, 0.29) is 17.9 Å². The molecule has 1 fully saturated rings. The zero-order valence-electron chi connectivity index (χ0n) is 17.3. The molecule has 0 bridgehead atoms. The van der Waals surface area contributed by atoms with Crippen molar-refractivity contribution >= 4 is 22.6 Å². The van der Waals surface area contributed by atoms with Gasteiger partial charge in [-0.15, -0.1) is 0 Å². The Morgan fingerprint density at radius 3 is 2.73 bits per heavy atom. The SMILES string of the molecule is CCc1ccc(CN(C(=O)c2ccc3nc(N)c(C)cc3c2)C2CC(C#N)C2)nc1. The Balaban J connectivity index is 1.63. The minimum Gasteiger partial charge on any atom is -0.383 e. The van der Waals surface area contributed by atoms with Gasteiger partial charge in [-0.1, -0.05) is 13.0 Å². The quantitative estimate of drug-likeness (QED) is 0.699. The molecule has 2 heterocycles. The fourth-order valence-corrected chi connectivity index (χ4v) is 3.84. The Kier molecular flexibility index (Phi) is 5.37. The number of hydrogen-bond donors (Lipinski definition) is 1. The number of carbonyl (C=O) groups excluding carboxylic acids is 1. The van der Waals surface area contributed by atoms with Gasteiger partial charge in [0.15, 0.2) is 0 Å². The number of aromatic nitrogens is 2. The van der Waals surface area contributed by atoms with Crippen LogP contribution in [-0.2, 0) is 13.0 Å². The van der Waals surface area contributed by atoms with Gasteiger partial charge < -0.3 is 10.6 Å². The van der Waals surface area contributed by atoms with Gasteiger partial charge in [-0.2, -0.15) is 5.26 Å². The summed E-state index contributed by atoms with van der Waals surface area (Å²) in [7, 11) is 0. The maximum absolute atomic E-state index is 13.5. The van der Waals surface area contributed by atoms with Crippen molar-refractivity contribution in [3.8, 4) is 6.07 Å². The number of hydrogen-bond acceptors (Lipinski definition) is 5. The van der Waals surface area contributed by atoms with Gasteiger partial charge in [0.25, 0.3) is 5.91 Å². The highest BCUT2D eigenvalue weighted by atomic mass is 16.2. The largest absolute Gasteiger partial charge is 0.383 e. The first-order valence-electron chi connectivity index (χ1n) is 10.3. The maximum Gasteiger partial charge on any atom is 0.254 e. The second kappa shape index (κ2) is 8.11. The van der Waals surface area contributed by atoms with Gasteiger partial charge in [-0.05, 0) is 67.6 Å². The fraction of sp³-hybridized carbons (Fsp3) is 0.333. The van der Waals surface area contributed by atoms with Crippen molar-refractivity contribution in [1.29, 1.82) is 5.26 Å². The first kappa shape index (κ1) is 19.8. The van der Waals surface area contributed by atoms with E-state index in [1.165, 1.54) is 5.56 Å². The molecule has 152 valence electrons. The molecule has 1 aliphatic rings. The van der Waals surface area contributed by atoms with Crippen LogP contribution in [0.2, 0.25) is 0 Å². The molecule has 0 radical (unpaired) electrons. The van der Waals surface area contributed by atoms with Crippen LogP contribution < -0.4 is 5.73 Å². The Hall–Kier alpha value is -3.46. The smallest absolute Gasteiger partial charge is 0.254 e. The standard InChI is InChI=1S/C24H25N5O/c1-3-16-4-6-20(27-13-16)14-29(21-9-17(10-21)12-25)24(30)18-5-7-22-19(11-18)8-15(2)23(26)28-22/h4-8,11,13,17,21H,3,9-10,14H2,1-2H3,(H2,26,28). The molecular formula is C24H25N5O. The van der Waals surface area contributed by atoms with Crippen molar-refractivity contribution in [2.45, 2.75) is 45.7 Å². The third-order valence-corrected chi connectivity index (χ3v) is 5.92. The molecule has 0 saturated heterocycles. The number of nitrogen functional groups attached to an aromatic ring is 1. The molecule has 6 nitrogen and oxygen atoms in total. The molecule has 2 aromatic heterocycles. The Morgan fingerprint density at radius 2 is 2.07 bits per heavy atom. The predicted molar refractivity (Wildman–Crippen MR) is 117 cm³/mol. The molecule has 1 saturated carbocycles. The zero-order chi connectivity index (χ0) is 21.3. The van der Waals surface area contributed by atoms with Crippen LogP contribution >= 0.6 is 0 Å². The van der Waals surface area contributed by atoms with E-state index < -0.39 is 0 Å². The number of pyridine rings is 2. The minimum atomic E-state index is -0.0471. The van der Waals surface area contributed by atoms with E-state index in [1.807, 2.05) is 42.3 Å². The number of aryl methyl sites for hydroxylation is 2. The van der Waals surface area contributed by atoms with Crippen LogP contribution in [0, 0.1) is 24.2 Å². The van der Waals surface area contributed by atoms with Crippen LogP contribution in [0.5, 0.6) is 0 Å². The third kappa shape index (κ3) is 3.84. The molecular weight excluding hydrogens is 374 g/mol. The molecule has 2 N–H and O–H groups in total. The Morgan fingerprint density at radius 1 is 1.27 bits per heavy atom. The third-order valence-electron chi connectivity index (χ3n) is 5.92. The van der Waals surface area contributed by atoms with E-state index in [0.717, 1.165) is 28.6 Å². The van der Waals surface area contributed by atoms with Crippen LogP contribution in [0.25, 0.3) is 10.9 Å². The number of nitriles is 1. The lowest BCUT2D eigenvalue weighted by Gasteiger charge is -2.40. The monoisotopic (exact) mass is 399 g/mol. The summed E-state index contributed by atoms with van der Waals surface area (Å²) in [6.45, 7) is 4.43. The summed E-state index contributed by atoms with van der Waals surface area (Å²) in [4.78, 5) is 24.3. The summed E-state index contributed by atoms with van der Waals surface area (Å²) in [6, 6.07) is 13.9. The van der Waals surface area contributed by atoms with Crippen molar-refractivity contribution in [2.75, 3.05) is 5.73 Å². The number of nitrogens with two attached hydrogens (primary N) is 1. The average molecular weight is 399 g/mol. The lowest BCUT2D eigenvalue weighted by atomic mass is 9.80. The van der Waals surface area contributed by atoms with Gasteiger partial charge in [0.1, 0.15) is 5.82 Å². The second-order valence-electron chi connectivity index (χ2n) is 7.99. The Bertz CT molecular complexity index is 1130. The van der Waals surface area contributed by atoms with Crippen LogP contribution in [0.3, 0.4) is 0 Å². The van der Waals surface area contributed by atoms with Crippen molar-refractivity contribution in [3.63, 3.8) is 0 Å². The molecule has 1 aliphatic carbocycles. The summed E-state index contributed by atoms with van der Waals surface area (Å²) in [5.74, 6) is 0.475. The van der Waals surface area contributed by atoms with Crippen molar-refractivity contribution in [2.24, 2.45) is 5.92 Å². The zero-order valence-corrected chi connectivity index (χ0v) is 17.3. The molecule has 0 aliphatic heterocycles. The number of benzene rings is 1. The molecule has 1 amide bonds. The van der Waals surface area contributed by atoms with Gasteiger partial charge in [0.2, 0.25) is 0 Å². The highest BCUT2D eigenvalue weighted by Crippen LogP contribution is 2.33. The van der Waals surface area contributed by atoms with Crippen LogP contribution in [0.1, 0.15) is 46.9 Å². The highest BCUT2D eigenvalue weighted by Gasteiger charge is 2.36. The predicted octanol–water partition coefficient (Wildman–Crippen LogP) is 4.03. The van der Waals surface area contributed by atoms with Crippen LogP contribution in [-0.4, -0.2) is 26.8 Å². The van der Waals surface area contributed by atoms with E-state index in [2.05, 4.69) is 29.0 Å². The van der Waals surface area contributed by atoms with Crippen molar-refractivity contribution in [1.82, 2.24) is 14.9 Å². The number of fused-ring (bicyclic) bond motifs is 1. The van der Waals surface area contributed by atoms with Crippen molar-refractivity contribution < 1.29 is 4.79 Å². The molecule has 0 atom stereocenters. The minimum absolute atomic E-state index is 0.0205. The summed E-state index contributed by atoms with van der Waals surface area (Å²) < 4.78 is 0. The highest BCUT2D eigenvalue weighted by molar-refractivity contribution is 5.98. The number of amides is 1. The molecule has 4 rings (SSSR count). The molecule has 30 heavy (non-hydrogen) atoms. The molecule has 0 unspecified atom stereocenters. The normalized spacial score (nSPS) is 17.9. The van der Waals surface area contributed by atoms with E-state index in [1.54, 1.807) is 6.07 Å². The first-order chi connectivity index (χ1) is 14.5. The van der Waals surface area contributed by atoms with Gasteiger partial charge in [-0.3, -0.25) is 9.78 Å². The lowest BCUT2D eigenvalue weighted by molar-refractivity contribution is 0.0492. The number of nitrogens with zero attached hydrogens (tertiary/aromatic N) is 4.